The summed E-state index contributed by atoms with van der Waals surface area (Å²) in [6.45, 7) is 0.950. The van der Waals surface area contributed by atoms with Crippen LogP contribution in [0.3, 0.4) is 0 Å². The molecule has 0 radical (unpaired) electrons. The van der Waals surface area contributed by atoms with Crippen molar-refractivity contribution in [2.75, 3.05) is 0 Å². The fraction of sp³-hybridized carbons (Fsp3) is 0.250. The van der Waals surface area contributed by atoms with Gasteiger partial charge < -0.3 is 15.0 Å². The third-order valence-electron chi connectivity index (χ3n) is 2.53. The van der Waals surface area contributed by atoms with Gasteiger partial charge in [0, 0.05) is 23.6 Å². The van der Waals surface area contributed by atoms with E-state index < -0.39 is 0 Å². The lowest BCUT2D eigenvalue weighted by atomic mass is 10.2. The van der Waals surface area contributed by atoms with E-state index in [2.05, 4.69) is 20.9 Å². The summed E-state index contributed by atoms with van der Waals surface area (Å²) in [5.41, 5.74) is 7.69. The molecule has 0 atom stereocenters. The molecule has 1 aromatic heterocycles. The van der Waals surface area contributed by atoms with Crippen LogP contribution in [-0.2, 0) is 20.2 Å². The van der Waals surface area contributed by atoms with Crippen molar-refractivity contribution >= 4 is 15.9 Å². The van der Waals surface area contributed by atoms with E-state index in [9.17, 15) is 0 Å². The number of ether oxygens (including phenoxy) is 1. The standard InChI is InChI=1S/C12H14BrN3O/c1-16-8-15-6-11(16)7-17-12-3-2-10(13)4-9(12)5-14/h2-4,6,8H,5,7,14H2,1H3. The first kappa shape index (κ1) is 12.1. The topological polar surface area (TPSA) is 53.1 Å². The summed E-state index contributed by atoms with van der Waals surface area (Å²) in [4.78, 5) is 4.04. The predicted molar refractivity (Wildman–Crippen MR) is 69.6 cm³/mol. The highest BCUT2D eigenvalue weighted by molar-refractivity contribution is 9.10. The van der Waals surface area contributed by atoms with E-state index in [-0.39, 0.29) is 0 Å². The van der Waals surface area contributed by atoms with Crippen LogP contribution in [0, 0.1) is 0 Å². The van der Waals surface area contributed by atoms with Crippen molar-refractivity contribution in [2.24, 2.45) is 12.8 Å². The van der Waals surface area contributed by atoms with E-state index in [1.807, 2.05) is 29.8 Å². The minimum absolute atomic E-state index is 0.458. The van der Waals surface area contributed by atoms with Crippen LogP contribution in [-0.4, -0.2) is 9.55 Å². The minimum Gasteiger partial charge on any atom is -0.487 e. The number of hydrogen-bond donors (Lipinski definition) is 1. The Morgan fingerprint density at radius 2 is 2.29 bits per heavy atom. The van der Waals surface area contributed by atoms with Gasteiger partial charge in [0.25, 0.3) is 0 Å². The highest BCUT2D eigenvalue weighted by atomic mass is 79.9. The van der Waals surface area contributed by atoms with Gasteiger partial charge >= 0.3 is 0 Å². The van der Waals surface area contributed by atoms with Gasteiger partial charge in [-0.3, -0.25) is 0 Å². The van der Waals surface area contributed by atoms with Crippen molar-refractivity contribution in [3.8, 4) is 5.75 Å². The molecule has 0 bridgehead atoms. The highest BCUT2D eigenvalue weighted by Gasteiger charge is 2.05. The zero-order valence-electron chi connectivity index (χ0n) is 9.56. The summed E-state index contributed by atoms with van der Waals surface area (Å²) in [6.07, 6.45) is 3.55. The maximum absolute atomic E-state index is 5.75. The summed E-state index contributed by atoms with van der Waals surface area (Å²) in [7, 11) is 1.94. The van der Waals surface area contributed by atoms with E-state index in [1.165, 1.54) is 0 Å². The second-order valence-electron chi connectivity index (χ2n) is 3.74. The van der Waals surface area contributed by atoms with Crippen molar-refractivity contribution < 1.29 is 4.74 Å². The summed E-state index contributed by atoms with van der Waals surface area (Å²) in [5, 5.41) is 0. The lowest BCUT2D eigenvalue weighted by molar-refractivity contribution is 0.294. The number of aromatic nitrogens is 2. The van der Waals surface area contributed by atoms with Crippen LogP contribution in [0.2, 0.25) is 0 Å². The van der Waals surface area contributed by atoms with Crippen molar-refractivity contribution in [2.45, 2.75) is 13.2 Å². The predicted octanol–water partition coefficient (Wildman–Crippen LogP) is 2.22. The molecule has 0 aliphatic carbocycles. The lowest BCUT2D eigenvalue weighted by Crippen LogP contribution is -2.05. The number of imidazole rings is 1. The first-order valence-electron chi connectivity index (χ1n) is 5.27. The fourth-order valence-electron chi connectivity index (χ4n) is 1.52. The Morgan fingerprint density at radius 1 is 1.47 bits per heavy atom. The molecule has 0 fully saturated rings. The zero-order valence-corrected chi connectivity index (χ0v) is 11.1. The molecule has 0 spiro atoms. The van der Waals surface area contributed by atoms with E-state index in [0.29, 0.717) is 13.2 Å². The molecule has 2 N–H and O–H groups in total. The number of aryl methyl sites for hydroxylation is 1. The molecule has 0 aliphatic heterocycles. The molecule has 2 rings (SSSR count). The van der Waals surface area contributed by atoms with Gasteiger partial charge in [-0.15, -0.1) is 0 Å². The molecule has 0 saturated heterocycles. The lowest BCUT2D eigenvalue weighted by Gasteiger charge is -2.10. The number of nitrogens with zero attached hydrogens (tertiary/aromatic N) is 2. The van der Waals surface area contributed by atoms with Crippen LogP contribution in [0.15, 0.2) is 35.2 Å². The van der Waals surface area contributed by atoms with E-state index in [1.54, 1.807) is 12.5 Å². The summed E-state index contributed by atoms with van der Waals surface area (Å²) in [5.74, 6) is 0.817. The van der Waals surface area contributed by atoms with E-state index >= 15 is 0 Å². The fourth-order valence-corrected chi connectivity index (χ4v) is 1.93. The summed E-state index contributed by atoms with van der Waals surface area (Å²) in [6, 6.07) is 5.83. The van der Waals surface area contributed by atoms with Gasteiger partial charge in [0.05, 0.1) is 18.2 Å². The molecule has 5 heteroatoms. The third kappa shape index (κ3) is 2.87. The average molecular weight is 296 g/mol. The summed E-state index contributed by atoms with van der Waals surface area (Å²) < 4.78 is 8.68. The van der Waals surface area contributed by atoms with Crippen molar-refractivity contribution in [3.63, 3.8) is 0 Å². The SMILES string of the molecule is Cn1cncc1COc1ccc(Br)cc1CN. The molecule has 1 aromatic carbocycles. The smallest absolute Gasteiger partial charge is 0.130 e. The van der Waals surface area contributed by atoms with Crippen LogP contribution in [0.25, 0.3) is 0 Å². The van der Waals surface area contributed by atoms with Gasteiger partial charge in [0.15, 0.2) is 0 Å². The monoisotopic (exact) mass is 295 g/mol. The van der Waals surface area contributed by atoms with Crippen LogP contribution >= 0.6 is 15.9 Å². The molecule has 90 valence electrons. The largest absolute Gasteiger partial charge is 0.487 e. The van der Waals surface area contributed by atoms with Gasteiger partial charge in [0.2, 0.25) is 0 Å². The highest BCUT2D eigenvalue weighted by Crippen LogP contribution is 2.23. The number of nitrogens with two attached hydrogens (primary N) is 1. The molecule has 0 unspecified atom stereocenters. The van der Waals surface area contributed by atoms with E-state index in [4.69, 9.17) is 10.5 Å². The molecule has 17 heavy (non-hydrogen) atoms. The number of benzene rings is 1. The van der Waals surface area contributed by atoms with Crippen LogP contribution in [0.5, 0.6) is 5.75 Å². The first-order valence-corrected chi connectivity index (χ1v) is 6.06. The van der Waals surface area contributed by atoms with Gasteiger partial charge in [-0.25, -0.2) is 4.98 Å². The Morgan fingerprint density at radius 3 is 2.94 bits per heavy atom. The van der Waals surface area contributed by atoms with Crippen molar-refractivity contribution in [3.05, 3.63) is 46.5 Å². The average Bonchev–Trinajstić information content (AvgIpc) is 2.73. The number of halogens is 1. The molecule has 1 heterocycles. The van der Waals surface area contributed by atoms with Crippen LogP contribution in [0.4, 0.5) is 0 Å². The Labute approximate surface area is 109 Å². The second-order valence-corrected chi connectivity index (χ2v) is 4.66. The second kappa shape index (κ2) is 5.33. The Bertz CT molecular complexity index is 510. The van der Waals surface area contributed by atoms with Gasteiger partial charge in [0.1, 0.15) is 12.4 Å². The van der Waals surface area contributed by atoms with Gasteiger partial charge in [-0.2, -0.15) is 0 Å². The Kier molecular flexibility index (Phi) is 3.81. The molecule has 2 aromatic rings. The maximum Gasteiger partial charge on any atom is 0.130 e. The van der Waals surface area contributed by atoms with Gasteiger partial charge in [-0.1, -0.05) is 15.9 Å². The molecule has 0 aliphatic rings. The first-order chi connectivity index (χ1) is 8.20. The maximum atomic E-state index is 5.75. The minimum atomic E-state index is 0.458. The quantitative estimate of drug-likeness (QED) is 0.941. The summed E-state index contributed by atoms with van der Waals surface area (Å²) >= 11 is 3.41. The molecular formula is C12H14BrN3O. The zero-order chi connectivity index (χ0) is 12.3. The molecule has 0 saturated carbocycles. The normalized spacial score (nSPS) is 10.5. The number of rotatable bonds is 4. The van der Waals surface area contributed by atoms with Crippen LogP contribution in [0.1, 0.15) is 11.3 Å². The third-order valence-corrected chi connectivity index (χ3v) is 3.03. The molecule has 4 nitrogen and oxygen atoms in total. The Hall–Kier alpha value is -1.33. The number of hydrogen-bond acceptors (Lipinski definition) is 3. The van der Waals surface area contributed by atoms with E-state index in [0.717, 1.165) is 21.5 Å². The van der Waals surface area contributed by atoms with Crippen molar-refractivity contribution in [1.29, 1.82) is 0 Å². The van der Waals surface area contributed by atoms with Crippen LogP contribution < -0.4 is 10.5 Å². The van der Waals surface area contributed by atoms with Gasteiger partial charge in [-0.05, 0) is 18.2 Å². The molecular weight excluding hydrogens is 282 g/mol. The molecule has 0 amide bonds. The van der Waals surface area contributed by atoms with Crippen molar-refractivity contribution in [1.82, 2.24) is 9.55 Å². The Balaban J connectivity index is 2.11.